The maximum absolute atomic E-state index is 2.60. The summed E-state index contributed by atoms with van der Waals surface area (Å²) in [6, 6.07) is 0. The van der Waals surface area contributed by atoms with Crippen molar-refractivity contribution in [2.24, 2.45) is 11.8 Å². The second-order valence-corrected chi connectivity index (χ2v) is 6.77. The van der Waals surface area contributed by atoms with Gasteiger partial charge in [-0.05, 0) is 70.8 Å². The van der Waals surface area contributed by atoms with Gasteiger partial charge in [0.25, 0.3) is 0 Å². The lowest BCUT2D eigenvalue weighted by Gasteiger charge is -2.29. The molecule has 2 atom stereocenters. The Hall–Kier alpha value is -0.560. The van der Waals surface area contributed by atoms with Crippen molar-refractivity contribution in [1.82, 2.24) is 4.90 Å². The molecule has 1 unspecified atom stereocenters. The molecule has 108 valence electrons. The van der Waals surface area contributed by atoms with Gasteiger partial charge in [-0.25, -0.2) is 0 Å². The quantitative estimate of drug-likeness (QED) is 0.657. The summed E-state index contributed by atoms with van der Waals surface area (Å²) in [5.74, 6) is 1.79. The Morgan fingerprint density at radius 2 is 1.84 bits per heavy atom. The van der Waals surface area contributed by atoms with E-state index in [0.29, 0.717) is 0 Å². The van der Waals surface area contributed by atoms with Crippen molar-refractivity contribution in [3.05, 3.63) is 23.8 Å². The zero-order valence-electron chi connectivity index (χ0n) is 12.9. The van der Waals surface area contributed by atoms with Gasteiger partial charge in [0.1, 0.15) is 0 Å². The molecule has 0 aromatic carbocycles. The summed E-state index contributed by atoms with van der Waals surface area (Å²) in [5.41, 5.74) is 1.60. The van der Waals surface area contributed by atoms with Gasteiger partial charge in [-0.2, -0.15) is 0 Å². The molecule has 2 rings (SSSR count). The molecule has 1 nitrogen and oxygen atoms in total. The number of rotatable bonds is 4. The third-order valence-corrected chi connectivity index (χ3v) is 4.76. The van der Waals surface area contributed by atoms with Crippen molar-refractivity contribution in [3.63, 3.8) is 0 Å². The van der Waals surface area contributed by atoms with E-state index in [0.717, 1.165) is 11.8 Å². The Labute approximate surface area is 119 Å². The summed E-state index contributed by atoms with van der Waals surface area (Å²) in [6.07, 6.45) is 18.1. The fourth-order valence-electron chi connectivity index (χ4n) is 3.53. The average Bonchev–Trinajstić information content (AvgIpc) is 2.35. The Balaban J connectivity index is 1.72. The lowest BCUT2D eigenvalue weighted by molar-refractivity contribution is 0.221. The molecule has 2 aliphatic carbocycles. The molecule has 0 aromatic rings. The molecule has 0 heterocycles. The van der Waals surface area contributed by atoms with Gasteiger partial charge in [0.05, 0.1) is 0 Å². The lowest BCUT2D eigenvalue weighted by atomic mass is 9.89. The van der Waals surface area contributed by atoms with Crippen LogP contribution in [-0.4, -0.2) is 25.0 Å². The SMILES string of the molecule is CC1=CC[C@@H](CN(C)CC2C/C=C/CCCC2)CC1. The highest BCUT2D eigenvalue weighted by Gasteiger charge is 2.17. The minimum Gasteiger partial charge on any atom is -0.306 e. The van der Waals surface area contributed by atoms with E-state index in [1.165, 1.54) is 64.5 Å². The molecule has 0 spiro atoms. The molecule has 2 aliphatic rings. The predicted molar refractivity (Wildman–Crippen MR) is 84.3 cm³/mol. The normalized spacial score (nSPS) is 30.6. The molecule has 1 heteroatoms. The van der Waals surface area contributed by atoms with Gasteiger partial charge in [0.2, 0.25) is 0 Å². The second-order valence-electron chi connectivity index (χ2n) is 6.77. The van der Waals surface area contributed by atoms with Crippen molar-refractivity contribution in [2.75, 3.05) is 20.1 Å². The first kappa shape index (κ1) is 14.8. The first-order chi connectivity index (χ1) is 9.24. The van der Waals surface area contributed by atoms with Gasteiger partial charge in [-0.3, -0.25) is 0 Å². The van der Waals surface area contributed by atoms with Crippen molar-refractivity contribution in [2.45, 2.75) is 58.3 Å². The van der Waals surface area contributed by atoms with Crippen LogP contribution in [0.15, 0.2) is 23.8 Å². The fraction of sp³-hybridized carbons (Fsp3) is 0.778. The van der Waals surface area contributed by atoms with Crippen molar-refractivity contribution >= 4 is 0 Å². The van der Waals surface area contributed by atoms with Crippen LogP contribution in [0.5, 0.6) is 0 Å². The first-order valence-electron chi connectivity index (χ1n) is 8.23. The largest absolute Gasteiger partial charge is 0.306 e. The van der Waals surface area contributed by atoms with Crippen LogP contribution in [0.1, 0.15) is 58.3 Å². The fourth-order valence-corrected chi connectivity index (χ4v) is 3.53. The van der Waals surface area contributed by atoms with Crippen molar-refractivity contribution in [1.29, 1.82) is 0 Å². The third kappa shape index (κ3) is 5.52. The van der Waals surface area contributed by atoms with Crippen LogP contribution in [0.4, 0.5) is 0 Å². The Bertz CT molecular complexity index is 316. The smallest absolute Gasteiger partial charge is 0.000980 e. The topological polar surface area (TPSA) is 3.24 Å². The van der Waals surface area contributed by atoms with Crippen LogP contribution < -0.4 is 0 Å². The minimum absolute atomic E-state index is 0.891. The van der Waals surface area contributed by atoms with Crippen LogP contribution in [0, 0.1) is 11.8 Å². The standard InChI is InChI=1S/C18H31N/c1-16-10-12-18(13-11-16)15-19(2)14-17-8-6-4-3-5-7-9-17/h4,6,10,17-18H,3,5,7-9,11-15H2,1-2H3/b6-4+/t17?,18-/m1/s1. The van der Waals surface area contributed by atoms with Gasteiger partial charge < -0.3 is 4.90 Å². The van der Waals surface area contributed by atoms with E-state index in [4.69, 9.17) is 0 Å². The molecule has 0 aliphatic heterocycles. The molecular formula is C18H31N. The molecule has 0 radical (unpaired) electrons. The second kappa shape index (κ2) is 7.89. The zero-order valence-corrected chi connectivity index (χ0v) is 12.9. The highest BCUT2D eigenvalue weighted by Crippen LogP contribution is 2.25. The summed E-state index contributed by atoms with van der Waals surface area (Å²) in [5, 5.41) is 0. The molecule has 0 amide bonds. The molecule has 0 N–H and O–H groups in total. The van der Waals surface area contributed by atoms with Crippen LogP contribution in [0.2, 0.25) is 0 Å². The maximum atomic E-state index is 2.60. The maximum Gasteiger partial charge on any atom is 0.000980 e. The van der Waals surface area contributed by atoms with E-state index >= 15 is 0 Å². The van der Waals surface area contributed by atoms with E-state index in [-0.39, 0.29) is 0 Å². The lowest BCUT2D eigenvalue weighted by Crippen LogP contribution is -2.31. The molecule has 0 fully saturated rings. The summed E-state index contributed by atoms with van der Waals surface area (Å²) in [6.45, 7) is 4.87. The summed E-state index contributed by atoms with van der Waals surface area (Å²) < 4.78 is 0. The number of nitrogens with zero attached hydrogens (tertiary/aromatic N) is 1. The van der Waals surface area contributed by atoms with Gasteiger partial charge in [0, 0.05) is 13.1 Å². The average molecular weight is 261 g/mol. The minimum atomic E-state index is 0.891. The van der Waals surface area contributed by atoms with E-state index in [1.807, 2.05) is 0 Å². The highest BCUT2D eigenvalue weighted by molar-refractivity contribution is 5.03. The monoisotopic (exact) mass is 261 g/mol. The van der Waals surface area contributed by atoms with Crippen LogP contribution >= 0.6 is 0 Å². The first-order valence-corrected chi connectivity index (χ1v) is 8.23. The summed E-state index contributed by atoms with van der Waals surface area (Å²) in [4.78, 5) is 2.60. The van der Waals surface area contributed by atoms with Gasteiger partial charge in [-0.1, -0.05) is 30.2 Å². The molecule has 0 saturated carbocycles. The number of hydrogen-bond donors (Lipinski definition) is 0. The van der Waals surface area contributed by atoms with Gasteiger partial charge in [0.15, 0.2) is 0 Å². The molecule has 0 saturated heterocycles. The van der Waals surface area contributed by atoms with Crippen LogP contribution in [0.25, 0.3) is 0 Å². The predicted octanol–water partition coefficient (Wildman–Crippen LogP) is 4.80. The van der Waals surface area contributed by atoms with Crippen molar-refractivity contribution in [3.8, 4) is 0 Å². The van der Waals surface area contributed by atoms with E-state index in [9.17, 15) is 0 Å². The van der Waals surface area contributed by atoms with Crippen molar-refractivity contribution < 1.29 is 0 Å². The third-order valence-electron chi connectivity index (χ3n) is 4.76. The molecule has 0 bridgehead atoms. The molecule has 19 heavy (non-hydrogen) atoms. The van der Waals surface area contributed by atoms with E-state index < -0.39 is 0 Å². The molecular weight excluding hydrogens is 230 g/mol. The van der Waals surface area contributed by atoms with Gasteiger partial charge >= 0.3 is 0 Å². The van der Waals surface area contributed by atoms with E-state index in [2.05, 4.69) is 37.1 Å². The molecule has 0 aromatic heterocycles. The Kier molecular flexibility index (Phi) is 6.16. The Morgan fingerprint density at radius 3 is 2.58 bits per heavy atom. The summed E-state index contributed by atoms with van der Waals surface area (Å²) >= 11 is 0. The van der Waals surface area contributed by atoms with E-state index in [1.54, 1.807) is 5.57 Å². The summed E-state index contributed by atoms with van der Waals surface area (Å²) in [7, 11) is 2.33. The Morgan fingerprint density at radius 1 is 1.05 bits per heavy atom. The zero-order chi connectivity index (χ0) is 13.5. The highest BCUT2D eigenvalue weighted by atomic mass is 15.1. The van der Waals surface area contributed by atoms with Gasteiger partial charge in [-0.15, -0.1) is 0 Å². The van der Waals surface area contributed by atoms with Crippen LogP contribution in [0.3, 0.4) is 0 Å². The number of hydrogen-bond acceptors (Lipinski definition) is 1. The van der Waals surface area contributed by atoms with Crippen LogP contribution in [-0.2, 0) is 0 Å². The number of allylic oxidation sites excluding steroid dienone is 4.